The van der Waals surface area contributed by atoms with Crippen LogP contribution < -0.4 is 4.90 Å². The highest BCUT2D eigenvalue weighted by Crippen LogP contribution is 2.50. The molecule has 49 heavy (non-hydrogen) atoms. The van der Waals surface area contributed by atoms with Crippen molar-refractivity contribution >= 4 is 60.5 Å². The second kappa shape index (κ2) is 10.4. The van der Waals surface area contributed by atoms with Gasteiger partial charge in [0, 0.05) is 27.3 Å². The number of furan rings is 1. The maximum absolute atomic E-state index is 6.64. The summed E-state index contributed by atoms with van der Waals surface area (Å²) >= 11 is 0. The monoisotopic (exact) mass is 627 g/mol. The lowest BCUT2D eigenvalue weighted by Gasteiger charge is -2.28. The van der Waals surface area contributed by atoms with Crippen molar-refractivity contribution in [2.24, 2.45) is 0 Å². The highest BCUT2D eigenvalue weighted by Gasteiger charge is 2.35. The summed E-state index contributed by atoms with van der Waals surface area (Å²) in [6.07, 6.45) is 0. The van der Waals surface area contributed by atoms with Crippen LogP contribution in [0.3, 0.4) is 0 Å². The molecule has 2 heteroatoms. The van der Waals surface area contributed by atoms with Crippen molar-refractivity contribution in [1.29, 1.82) is 0 Å². The number of fused-ring (bicyclic) bond motifs is 9. The Morgan fingerprint density at radius 1 is 0.469 bits per heavy atom. The quantitative estimate of drug-likeness (QED) is 0.193. The third-order valence-electron chi connectivity index (χ3n) is 10.7. The van der Waals surface area contributed by atoms with Crippen LogP contribution in [0.1, 0.15) is 25.0 Å². The molecule has 1 heterocycles. The minimum atomic E-state index is -0.0373. The minimum absolute atomic E-state index is 0.0373. The molecule has 0 saturated carbocycles. The van der Waals surface area contributed by atoms with Crippen molar-refractivity contribution in [1.82, 2.24) is 0 Å². The van der Waals surface area contributed by atoms with Gasteiger partial charge in [-0.3, -0.25) is 0 Å². The maximum atomic E-state index is 6.64. The predicted octanol–water partition coefficient (Wildman–Crippen LogP) is 13.3. The molecule has 10 rings (SSSR count). The van der Waals surface area contributed by atoms with Gasteiger partial charge in [-0.05, 0) is 86.6 Å². The standard InChI is InChI=1S/C47H33NO/c1-47(2)40-17-8-7-16-37(40)38-27-24-33(29-41(38)47)30-21-25-34(26-22-30)48(42-18-9-13-31-11-3-5-14-35(31)42)43-19-10-20-44-45(43)39-28-23-32-12-4-6-15-36(32)46(39)49-44/h3-29H,1-2H3. The Bertz CT molecular complexity index is 2740. The Balaban J connectivity index is 1.16. The van der Waals surface area contributed by atoms with E-state index in [1.54, 1.807) is 0 Å². The summed E-state index contributed by atoms with van der Waals surface area (Å²) in [6.45, 7) is 4.69. The molecule has 1 aromatic heterocycles. The van der Waals surface area contributed by atoms with E-state index >= 15 is 0 Å². The van der Waals surface area contributed by atoms with E-state index in [-0.39, 0.29) is 5.41 Å². The number of hydrogen-bond donors (Lipinski definition) is 0. The van der Waals surface area contributed by atoms with Crippen LogP contribution in [0.15, 0.2) is 168 Å². The van der Waals surface area contributed by atoms with E-state index in [1.165, 1.54) is 49.5 Å². The van der Waals surface area contributed by atoms with Gasteiger partial charge in [0.1, 0.15) is 11.2 Å². The second-order valence-corrected chi connectivity index (χ2v) is 13.7. The van der Waals surface area contributed by atoms with Gasteiger partial charge < -0.3 is 9.32 Å². The van der Waals surface area contributed by atoms with Crippen LogP contribution in [0.25, 0.3) is 65.7 Å². The van der Waals surface area contributed by atoms with E-state index in [0.717, 1.165) is 44.4 Å². The molecule has 0 amide bonds. The molecule has 0 aliphatic heterocycles. The third kappa shape index (κ3) is 4.14. The van der Waals surface area contributed by atoms with E-state index in [9.17, 15) is 0 Å². The summed E-state index contributed by atoms with van der Waals surface area (Å²) in [4.78, 5) is 2.40. The normalized spacial score (nSPS) is 13.3. The zero-order chi connectivity index (χ0) is 32.7. The van der Waals surface area contributed by atoms with Crippen LogP contribution >= 0.6 is 0 Å². The molecule has 0 saturated heterocycles. The van der Waals surface area contributed by atoms with E-state index in [2.05, 4.69) is 183 Å². The molecular weight excluding hydrogens is 595 g/mol. The first kappa shape index (κ1) is 27.9. The smallest absolute Gasteiger partial charge is 0.143 e. The van der Waals surface area contributed by atoms with E-state index in [0.29, 0.717) is 0 Å². The number of hydrogen-bond acceptors (Lipinski definition) is 2. The highest BCUT2D eigenvalue weighted by atomic mass is 16.3. The molecule has 0 fully saturated rings. The van der Waals surface area contributed by atoms with Gasteiger partial charge >= 0.3 is 0 Å². The minimum Gasteiger partial charge on any atom is -0.455 e. The largest absolute Gasteiger partial charge is 0.455 e. The lowest BCUT2D eigenvalue weighted by Crippen LogP contribution is -2.14. The van der Waals surface area contributed by atoms with Crippen molar-refractivity contribution in [2.45, 2.75) is 19.3 Å². The highest BCUT2D eigenvalue weighted by molar-refractivity contribution is 6.20. The average molecular weight is 628 g/mol. The number of nitrogens with zero attached hydrogens (tertiary/aromatic N) is 1. The van der Waals surface area contributed by atoms with Crippen molar-refractivity contribution in [3.8, 4) is 22.3 Å². The first-order chi connectivity index (χ1) is 24.1. The summed E-state index contributed by atoms with van der Waals surface area (Å²) in [5.74, 6) is 0. The molecular formula is C47H33NO. The van der Waals surface area contributed by atoms with Gasteiger partial charge in [0.2, 0.25) is 0 Å². The van der Waals surface area contributed by atoms with Crippen LogP contribution in [-0.2, 0) is 5.41 Å². The summed E-state index contributed by atoms with van der Waals surface area (Å²) in [7, 11) is 0. The number of anilines is 3. The summed E-state index contributed by atoms with van der Waals surface area (Å²) in [5.41, 5.74) is 13.0. The van der Waals surface area contributed by atoms with Crippen molar-refractivity contribution in [2.75, 3.05) is 4.90 Å². The van der Waals surface area contributed by atoms with Gasteiger partial charge in [0.05, 0.1) is 16.8 Å². The molecule has 0 spiro atoms. The summed E-state index contributed by atoms with van der Waals surface area (Å²) < 4.78 is 6.64. The molecule has 0 N–H and O–H groups in total. The molecule has 232 valence electrons. The first-order valence-electron chi connectivity index (χ1n) is 17.0. The first-order valence-corrected chi connectivity index (χ1v) is 17.0. The molecule has 8 aromatic carbocycles. The number of rotatable bonds is 4. The van der Waals surface area contributed by atoms with E-state index in [4.69, 9.17) is 4.42 Å². The molecule has 0 bridgehead atoms. The SMILES string of the molecule is CC1(C)c2ccccc2-c2ccc(-c3ccc(N(c4cccc5ccccc45)c4cccc5oc6c7ccccc7ccc6c45)cc3)cc21. The van der Waals surface area contributed by atoms with Gasteiger partial charge in [0.15, 0.2) is 0 Å². The topological polar surface area (TPSA) is 16.4 Å². The van der Waals surface area contributed by atoms with Crippen LogP contribution in [0, 0.1) is 0 Å². The Morgan fingerprint density at radius 3 is 1.98 bits per heavy atom. The lowest BCUT2D eigenvalue weighted by molar-refractivity contribution is 0.660. The zero-order valence-corrected chi connectivity index (χ0v) is 27.4. The Hall–Kier alpha value is -6.12. The molecule has 1 aliphatic rings. The fraction of sp³-hybridized carbons (Fsp3) is 0.0638. The molecule has 0 radical (unpaired) electrons. The van der Waals surface area contributed by atoms with Crippen LogP contribution in [-0.4, -0.2) is 0 Å². The molecule has 0 atom stereocenters. The fourth-order valence-electron chi connectivity index (χ4n) is 8.22. The van der Waals surface area contributed by atoms with E-state index < -0.39 is 0 Å². The Morgan fingerprint density at radius 2 is 1.12 bits per heavy atom. The van der Waals surface area contributed by atoms with Gasteiger partial charge in [-0.1, -0.05) is 135 Å². The summed E-state index contributed by atoms with van der Waals surface area (Å²) in [5, 5.41) is 6.94. The average Bonchev–Trinajstić information content (AvgIpc) is 3.65. The van der Waals surface area contributed by atoms with Crippen molar-refractivity contribution < 1.29 is 4.42 Å². The maximum Gasteiger partial charge on any atom is 0.143 e. The lowest BCUT2D eigenvalue weighted by atomic mass is 9.81. The third-order valence-corrected chi connectivity index (χ3v) is 10.7. The molecule has 9 aromatic rings. The van der Waals surface area contributed by atoms with Gasteiger partial charge in [-0.2, -0.15) is 0 Å². The second-order valence-electron chi connectivity index (χ2n) is 13.7. The fourth-order valence-corrected chi connectivity index (χ4v) is 8.22. The van der Waals surface area contributed by atoms with Crippen LogP contribution in [0.2, 0.25) is 0 Å². The van der Waals surface area contributed by atoms with Crippen molar-refractivity contribution in [3.05, 3.63) is 175 Å². The Labute approximate surface area is 285 Å². The molecule has 1 aliphatic carbocycles. The predicted molar refractivity (Wildman–Crippen MR) is 206 cm³/mol. The van der Waals surface area contributed by atoms with Gasteiger partial charge in [-0.15, -0.1) is 0 Å². The van der Waals surface area contributed by atoms with Gasteiger partial charge in [-0.25, -0.2) is 0 Å². The van der Waals surface area contributed by atoms with Crippen molar-refractivity contribution in [3.63, 3.8) is 0 Å². The van der Waals surface area contributed by atoms with Crippen LogP contribution in [0.5, 0.6) is 0 Å². The molecule has 0 unspecified atom stereocenters. The number of benzene rings is 8. The molecule has 2 nitrogen and oxygen atoms in total. The summed E-state index contributed by atoms with van der Waals surface area (Å²) in [6, 6.07) is 59.4. The van der Waals surface area contributed by atoms with E-state index in [1.807, 2.05) is 0 Å². The van der Waals surface area contributed by atoms with Gasteiger partial charge in [0.25, 0.3) is 0 Å². The Kier molecular flexibility index (Phi) is 5.95. The zero-order valence-electron chi connectivity index (χ0n) is 27.4. The van der Waals surface area contributed by atoms with Crippen LogP contribution in [0.4, 0.5) is 17.1 Å².